The van der Waals surface area contributed by atoms with Crippen molar-refractivity contribution in [3.05, 3.63) is 17.5 Å². The van der Waals surface area contributed by atoms with Crippen LogP contribution in [0.1, 0.15) is 24.6 Å². The van der Waals surface area contributed by atoms with Gasteiger partial charge in [0.15, 0.2) is 0 Å². The number of aromatic nitrogens is 2. The summed E-state index contributed by atoms with van der Waals surface area (Å²) in [6, 6.07) is 0. The maximum Gasteiger partial charge on any atom is 0.303 e. The molecule has 0 saturated carbocycles. The van der Waals surface area contributed by atoms with E-state index in [1.54, 1.807) is 6.20 Å². The van der Waals surface area contributed by atoms with Crippen LogP contribution in [0, 0.1) is 6.92 Å². The molecular formula is C9H14N2O2. The van der Waals surface area contributed by atoms with Crippen molar-refractivity contribution in [3.63, 3.8) is 0 Å². The summed E-state index contributed by atoms with van der Waals surface area (Å²) in [6.45, 7) is 4.81. The molecular weight excluding hydrogens is 168 g/mol. The first-order chi connectivity index (χ1) is 6.15. The first-order valence-electron chi connectivity index (χ1n) is 4.38. The van der Waals surface area contributed by atoms with Crippen molar-refractivity contribution in [1.82, 2.24) is 9.78 Å². The molecule has 1 aromatic heterocycles. The van der Waals surface area contributed by atoms with E-state index in [0.717, 1.165) is 17.8 Å². The highest BCUT2D eigenvalue weighted by atomic mass is 16.4. The van der Waals surface area contributed by atoms with Gasteiger partial charge in [-0.2, -0.15) is 5.10 Å². The monoisotopic (exact) mass is 182 g/mol. The van der Waals surface area contributed by atoms with Crippen LogP contribution in [0.3, 0.4) is 0 Å². The number of carbonyl (C=O) groups is 1. The highest BCUT2D eigenvalue weighted by Crippen LogP contribution is 2.09. The predicted octanol–water partition coefficient (Wildman–Crippen LogP) is 1.23. The molecule has 0 radical (unpaired) electrons. The van der Waals surface area contributed by atoms with Gasteiger partial charge in [-0.15, -0.1) is 0 Å². The van der Waals surface area contributed by atoms with Crippen molar-refractivity contribution in [3.8, 4) is 0 Å². The van der Waals surface area contributed by atoms with Crippen LogP contribution in [0.4, 0.5) is 0 Å². The molecule has 1 heterocycles. The van der Waals surface area contributed by atoms with E-state index in [4.69, 9.17) is 5.11 Å². The Hall–Kier alpha value is -1.32. The van der Waals surface area contributed by atoms with E-state index >= 15 is 0 Å². The lowest BCUT2D eigenvalue weighted by Crippen LogP contribution is -2.01. The number of aliphatic carboxylic acids is 1. The van der Waals surface area contributed by atoms with E-state index < -0.39 is 5.97 Å². The molecule has 0 unspecified atom stereocenters. The summed E-state index contributed by atoms with van der Waals surface area (Å²) < 4.78 is 1.87. The Labute approximate surface area is 77.2 Å². The van der Waals surface area contributed by atoms with Gasteiger partial charge in [0.2, 0.25) is 0 Å². The topological polar surface area (TPSA) is 55.1 Å². The highest BCUT2D eigenvalue weighted by molar-refractivity contribution is 5.67. The number of hydrogen-bond acceptors (Lipinski definition) is 2. The molecule has 4 nitrogen and oxygen atoms in total. The molecule has 0 spiro atoms. The Morgan fingerprint density at radius 3 is 2.85 bits per heavy atom. The minimum atomic E-state index is -0.761. The van der Waals surface area contributed by atoms with Gasteiger partial charge < -0.3 is 5.11 Å². The summed E-state index contributed by atoms with van der Waals surface area (Å²) in [5, 5.41) is 12.6. The average molecular weight is 182 g/mol. The van der Waals surface area contributed by atoms with E-state index in [1.807, 2.05) is 18.5 Å². The summed E-state index contributed by atoms with van der Waals surface area (Å²) >= 11 is 0. The zero-order valence-corrected chi connectivity index (χ0v) is 7.95. The largest absolute Gasteiger partial charge is 0.481 e. The fraction of sp³-hybridized carbons (Fsp3) is 0.556. The molecule has 0 bridgehead atoms. The fourth-order valence-corrected chi connectivity index (χ4v) is 1.29. The van der Waals surface area contributed by atoms with Crippen LogP contribution < -0.4 is 0 Å². The number of rotatable bonds is 4. The third kappa shape index (κ3) is 2.31. The minimum absolute atomic E-state index is 0.177. The van der Waals surface area contributed by atoms with Crippen LogP contribution in [0.15, 0.2) is 6.20 Å². The third-order valence-corrected chi connectivity index (χ3v) is 2.11. The molecule has 0 aromatic carbocycles. The number of carboxylic acid groups (broad SMARTS) is 1. The van der Waals surface area contributed by atoms with Crippen LogP contribution in [-0.2, 0) is 17.8 Å². The Morgan fingerprint density at radius 1 is 1.69 bits per heavy atom. The second-order valence-corrected chi connectivity index (χ2v) is 2.96. The molecule has 0 aliphatic carbocycles. The van der Waals surface area contributed by atoms with E-state index in [-0.39, 0.29) is 6.42 Å². The maximum atomic E-state index is 10.3. The second-order valence-electron chi connectivity index (χ2n) is 2.96. The standard InChI is InChI=1S/C9H14N2O2/c1-3-11-7(2)8(6-10-11)4-5-9(12)13/h6H,3-5H2,1-2H3,(H,12,13). The van der Waals surface area contributed by atoms with Gasteiger partial charge in [-0.3, -0.25) is 9.48 Å². The lowest BCUT2D eigenvalue weighted by molar-refractivity contribution is -0.136. The van der Waals surface area contributed by atoms with Gasteiger partial charge in [-0.05, 0) is 25.8 Å². The lowest BCUT2D eigenvalue weighted by atomic mass is 10.1. The first-order valence-corrected chi connectivity index (χ1v) is 4.38. The summed E-state index contributed by atoms with van der Waals surface area (Å²) in [5.41, 5.74) is 2.10. The molecule has 0 amide bonds. The van der Waals surface area contributed by atoms with Crippen molar-refractivity contribution in [2.75, 3.05) is 0 Å². The van der Waals surface area contributed by atoms with Crippen LogP contribution in [0.5, 0.6) is 0 Å². The van der Waals surface area contributed by atoms with E-state index in [9.17, 15) is 4.79 Å². The van der Waals surface area contributed by atoms with Gasteiger partial charge in [0.25, 0.3) is 0 Å². The molecule has 1 rings (SSSR count). The maximum absolute atomic E-state index is 10.3. The van der Waals surface area contributed by atoms with E-state index in [0.29, 0.717) is 6.42 Å². The predicted molar refractivity (Wildman–Crippen MR) is 48.6 cm³/mol. The molecule has 0 fully saturated rings. The summed E-state index contributed by atoms with van der Waals surface area (Å²) in [7, 11) is 0. The number of carboxylic acids is 1. The van der Waals surface area contributed by atoms with Gasteiger partial charge >= 0.3 is 5.97 Å². The first kappa shape index (κ1) is 9.77. The van der Waals surface area contributed by atoms with Crippen molar-refractivity contribution in [1.29, 1.82) is 0 Å². The molecule has 1 aromatic rings. The molecule has 0 aliphatic heterocycles. The Morgan fingerprint density at radius 2 is 2.38 bits per heavy atom. The summed E-state index contributed by atoms with van der Waals surface area (Å²) in [6.07, 6.45) is 2.50. The van der Waals surface area contributed by atoms with Crippen molar-refractivity contribution in [2.45, 2.75) is 33.2 Å². The van der Waals surface area contributed by atoms with Crippen LogP contribution in [0.2, 0.25) is 0 Å². The molecule has 0 saturated heterocycles. The van der Waals surface area contributed by atoms with E-state index in [1.165, 1.54) is 0 Å². The van der Waals surface area contributed by atoms with Crippen LogP contribution in [0.25, 0.3) is 0 Å². The van der Waals surface area contributed by atoms with Gasteiger partial charge in [0.05, 0.1) is 6.20 Å². The third-order valence-electron chi connectivity index (χ3n) is 2.11. The van der Waals surface area contributed by atoms with Crippen molar-refractivity contribution < 1.29 is 9.90 Å². The molecule has 0 atom stereocenters. The molecule has 0 aliphatic rings. The van der Waals surface area contributed by atoms with Gasteiger partial charge in [-0.1, -0.05) is 0 Å². The fourth-order valence-electron chi connectivity index (χ4n) is 1.29. The Bertz CT molecular complexity index is 305. The van der Waals surface area contributed by atoms with Crippen molar-refractivity contribution in [2.24, 2.45) is 0 Å². The quantitative estimate of drug-likeness (QED) is 0.761. The SMILES string of the molecule is CCn1ncc(CCC(=O)O)c1C. The molecule has 1 N–H and O–H groups in total. The number of aryl methyl sites for hydroxylation is 2. The van der Waals surface area contributed by atoms with Gasteiger partial charge in [0.1, 0.15) is 0 Å². The zero-order chi connectivity index (χ0) is 9.84. The molecule has 13 heavy (non-hydrogen) atoms. The normalized spacial score (nSPS) is 10.3. The summed E-state index contributed by atoms with van der Waals surface area (Å²) in [4.78, 5) is 10.3. The van der Waals surface area contributed by atoms with E-state index in [2.05, 4.69) is 5.10 Å². The Kier molecular flexibility index (Phi) is 3.06. The summed E-state index contributed by atoms with van der Waals surface area (Å²) in [5.74, 6) is -0.761. The lowest BCUT2D eigenvalue weighted by Gasteiger charge is -2.00. The van der Waals surface area contributed by atoms with Crippen LogP contribution >= 0.6 is 0 Å². The smallest absolute Gasteiger partial charge is 0.303 e. The molecule has 72 valence electrons. The van der Waals surface area contributed by atoms with Gasteiger partial charge in [-0.25, -0.2) is 0 Å². The van der Waals surface area contributed by atoms with Crippen LogP contribution in [-0.4, -0.2) is 20.9 Å². The minimum Gasteiger partial charge on any atom is -0.481 e. The van der Waals surface area contributed by atoms with Gasteiger partial charge in [0, 0.05) is 18.7 Å². The second kappa shape index (κ2) is 4.07. The molecule has 4 heteroatoms. The zero-order valence-electron chi connectivity index (χ0n) is 7.95. The number of hydrogen-bond donors (Lipinski definition) is 1. The highest BCUT2D eigenvalue weighted by Gasteiger charge is 2.06. The van der Waals surface area contributed by atoms with Crippen molar-refractivity contribution >= 4 is 5.97 Å². The number of nitrogens with zero attached hydrogens (tertiary/aromatic N) is 2. The average Bonchev–Trinajstić information content (AvgIpc) is 2.43. The Balaban J connectivity index is 2.67.